The van der Waals surface area contributed by atoms with Crippen LogP contribution >= 0.6 is 12.2 Å². The predicted molar refractivity (Wildman–Crippen MR) is 86.9 cm³/mol. The standard InChI is InChI=1S/C16H20N2O2S/c1-2-7-17-16(21)18-8-3-4-13(18)12-5-6-14-15(11-12)20-10-9-19-14/h2,5-6,11,13H,1,3-4,7-10H2,(H,17,21)/t13-/m0/s1. The summed E-state index contributed by atoms with van der Waals surface area (Å²) in [5.74, 6) is 1.68. The van der Waals surface area contributed by atoms with Gasteiger partial charge in [-0.3, -0.25) is 0 Å². The molecular formula is C16H20N2O2S. The number of nitrogens with one attached hydrogen (secondary N) is 1. The molecule has 2 heterocycles. The lowest BCUT2D eigenvalue weighted by Crippen LogP contribution is -2.39. The Kier molecular flexibility index (Phi) is 4.29. The van der Waals surface area contributed by atoms with Crippen LogP contribution in [0.3, 0.4) is 0 Å². The number of hydrogen-bond acceptors (Lipinski definition) is 3. The van der Waals surface area contributed by atoms with Gasteiger partial charge < -0.3 is 19.7 Å². The highest BCUT2D eigenvalue weighted by Gasteiger charge is 2.28. The van der Waals surface area contributed by atoms with Crippen LogP contribution in [0.4, 0.5) is 0 Å². The van der Waals surface area contributed by atoms with Gasteiger partial charge in [0, 0.05) is 13.1 Å². The fourth-order valence-electron chi connectivity index (χ4n) is 2.88. The van der Waals surface area contributed by atoms with Gasteiger partial charge in [-0.1, -0.05) is 12.1 Å². The van der Waals surface area contributed by atoms with Crippen LogP contribution in [0, 0.1) is 0 Å². The zero-order valence-electron chi connectivity index (χ0n) is 12.0. The van der Waals surface area contributed by atoms with E-state index in [1.54, 1.807) is 0 Å². The van der Waals surface area contributed by atoms with Crippen LogP contribution < -0.4 is 14.8 Å². The first-order chi connectivity index (χ1) is 10.3. The van der Waals surface area contributed by atoms with Crippen LogP contribution in [-0.4, -0.2) is 36.3 Å². The molecule has 1 N–H and O–H groups in total. The third-order valence-corrected chi connectivity index (χ3v) is 4.24. The van der Waals surface area contributed by atoms with Crippen LogP contribution in [0.15, 0.2) is 30.9 Å². The molecule has 0 bridgehead atoms. The SMILES string of the molecule is C=CCNC(=S)N1CCC[C@H]1c1ccc2c(c1)OCCO2. The lowest BCUT2D eigenvalue weighted by molar-refractivity contribution is 0.171. The highest BCUT2D eigenvalue weighted by atomic mass is 32.1. The van der Waals surface area contributed by atoms with Crippen molar-refractivity contribution >= 4 is 17.3 Å². The Morgan fingerprint density at radius 1 is 1.38 bits per heavy atom. The number of fused-ring (bicyclic) bond motifs is 1. The maximum atomic E-state index is 5.68. The summed E-state index contributed by atoms with van der Waals surface area (Å²) in [5.41, 5.74) is 1.24. The molecule has 0 spiro atoms. The van der Waals surface area contributed by atoms with Crippen molar-refractivity contribution < 1.29 is 9.47 Å². The summed E-state index contributed by atoms with van der Waals surface area (Å²) in [6.45, 7) is 6.64. The molecule has 1 saturated heterocycles. The molecule has 0 amide bonds. The Morgan fingerprint density at radius 2 is 2.19 bits per heavy atom. The van der Waals surface area contributed by atoms with Gasteiger partial charge in [0.2, 0.25) is 0 Å². The molecule has 1 aromatic rings. The van der Waals surface area contributed by atoms with Crippen molar-refractivity contribution in [3.8, 4) is 11.5 Å². The quantitative estimate of drug-likeness (QED) is 0.686. The van der Waals surface area contributed by atoms with Crippen molar-refractivity contribution in [2.24, 2.45) is 0 Å². The van der Waals surface area contributed by atoms with Gasteiger partial charge in [0.25, 0.3) is 0 Å². The lowest BCUT2D eigenvalue weighted by atomic mass is 10.0. The second-order valence-corrected chi connectivity index (χ2v) is 5.62. The molecule has 1 aromatic carbocycles. The third-order valence-electron chi connectivity index (χ3n) is 3.86. The molecule has 3 rings (SSSR count). The number of hydrogen-bond donors (Lipinski definition) is 1. The topological polar surface area (TPSA) is 33.7 Å². The van der Waals surface area contributed by atoms with E-state index in [9.17, 15) is 0 Å². The van der Waals surface area contributed by atoms with E-state index in [4.69, 9.17) is 21.7 Å². The normalized spacial score (nSPS) is 20.2. The van der Waals surface area contributed by atoms with Crippen molar-refractivity contribution in [1.82, 2.24) is 10.2 Å². The van der Waals surface area contributed by atoms with Crippen molar-refractivity contribution in [2.75, 3.05) is 26.3 Å². The smallest absolute Gasteiger partial charge is 0.169 e. The van der Waals surface area contributed by atoms with E-state index in [1.807, 2.05) is 12.1 Å². The molecule has 0 aliphatic carbocycles. The van der Waals surface area contributed by atoms with E-state index in [1.165, 1.54) is 5.56 Å². The fraction of sp³-hybridized carbons (Fsp3) is 0.438. The number of likely N-dealkylation sites (tertiary alicyclic amines) is 1. The summed E-state index contributed by atoms with van der Waals surface area (Å²) >= 11 is 5.49. The Hall–Kier alpha value is -1.75. The summed E-state index contributed by atoms with van der Waals surface area (Å²) in [4.78, 5) is 2.25. The zero-order chi connectivity index (χ0) is 14.7. The minimum absolute atomic E-state index is 0.311. The number of thiocarbonyl (C=S) groups is 1. The van der Waals surface area contributed by atoms with Crippen molar-refractivity contribution in [3.05, 3.63) is 36.4 Å². The largest absolute Gasteiger partial charge is 0.486 e. The maximum absolute atomic E-state index is 5.68. The van der Waals surface area contributed by atoms with Gasteiger partial charge in [0.05, 0.1) is 6.04 Å². The third kappa shape index (κ3) is 2.97. The van der Waals surface area contributed by atoms with Crippen LogP contribution in [0.25, 0.3) is 0 Å². The molecule has 0 radical (unpaired) electrons. The lowest BCUT2D eigenvalue weighted by Gasteiger charge is -2.28. The summed E-state index contributed by atoms with van der Waals surface area (Å²) in [7, 11) is 0. The van der Waals surface area contributed by atoms with Crippen LogP contribution in [0.2, 0.25) is 0 Å². The zero-order valence-corrected chi connectivity index (χ0v) is 12.8. The Balaban J connectivity index is 1.78. The Bertz CT molecular complexity index is 547. The molecule has 0 saturated carbocycles. The number of ether oxygens (including phenoxy) is 2. The first-order valence-corrected chi connectivity index (χ1v) is 7.75. The first kappa shape index (κ1) is 14.2. The van der Waals surface area contributed by atoms with Crippen molar-refractivity contribution in [3.63, 3.8) is 0 Å². The summed E-state index contributed by atoms with van der Waals surface area (Å²) in [5, 5.41) is 4.02. The molecule has 5 heteroatoms. The maximum Gasteiger partial charge on any atom is 0.169 e. The molecule has 21 heavy (non-hydrogen) atoms. The first-order valence-electron chi connectivity index (χ1n) is 7.34. The summed E-state index contributed by atoms with van der Waals surface area (Å²) < 4.78 is 11.3. The van der Waals surface area contributed by atoms with E-state index in [2.05, 4.69) is 28.9 Å². The van der Waals surface area contributed by atoms with Gasteiger partial charge in [0.15, 0.2) is 16.6 Å². The van der Waals surface area contributed by atoms with Gasteiger partial charge in [-0.2, -0.15) is 0 Å². The number of benzene rings is 1. The Morgan fingerprint density at radius 3 is 3.00 bits per heavy atom. The summed E-state index contributed by atoms with van der Waals surface area (Å²) in [6, 6.07) is 6.52. The molecule has 112 valence electrons. The molecule has 0 unspecified atom stereocenters. The van der Waals surface area contributed by atoms with E-state index in [0.717, 1.165) is 36.0 Å². The molecule has 1 fully saturated rings. The van der Waals surface area contributed by atoms with E-state index >= 15 is 0 Å². The molecule has 2 aliphatic heterocycles. The number of nitrogens with zero attached hydrogens (tertiary/aromatic N) is 1. The fourth-order valence-corrected chi connectivity index (χ4v) is 3.19. The van der Waals surface area contributed by atoms with Gasteiger partial charge in [-0.25, -0.2) is 0 Å². The Labute approximate surface area is 130 Å². The molecule has 4 nitrogen and oxygen atoms in total. The van der Waals surface area contributed by atoms with Gasteiger partial charge in [-0.15, -0.1) is 6.58 Å². The second-order valence-electron chi connectivity index (χ2n) is 5.23. The predicted octanol–water partition coefficient (Wildman–Crippen LogP) is 2.66. The highest BCUT2D eigenvalue weighted by Crippen LogP contribution is 2.38. The van der Waals surface area contributed by atoms with E-state index in [0.29, 0.717) is 25.8 Å². The average Bonchev–Trinajstić information content (AvgIpc) is 3.01. The van der Waals surface area contributed by atoms with Crippen LogP contribution in [0.1, 0.15) is 24.4 Å². The average molecular weight is 304 g/mol. The second kappa shape index (κ2) is 6.35. The van der Waals surface area contributed by atoms with Gasteiger partial charge >= 0.3 is 0 Å². The van der Waals surface area contributed by atoms with Gasteiger partial charge in [-0.05, 0) is 42.8 Å². The van der Waals surface area contributed by atoms with Crippen molar-refractivity contribution in [1.29, 1.82) is 0 Å². The monoisotopic (exact) mass is 304 g/mol. The van der Waals surface area contributed by atoms with Crippen LogP contribution in [-0.2, 0) is 0 Å². The highest BCUT2D eigenvalue weighted by molar-refractivity contribution is 7.80. The van der Waals surface area contributed by atoms with E-state index in [-0.39, 0.29) is 0 Å². The minimum Gasteiger partial charge on any atom is -0.486 e. The minimum atomic E-state index is 0.311. The van der Waals surface area contributed by atoms with Crippen LogP contribution in [0.5, 0.6) is 11.5 Å². The molecule has 2 aliphatic rings. The number of rotatable bonds is 3. The summed E-state index contributed by atoms with van der Waals surface area (Å²) in [6.07, 6.45) is 4.08. The molecule has 1 atom stereocenters. The van der Waals surface area contributed by atoms with E-state index < -0.39 is 0 Å². The molecule has 0 aromatic heterocycles. The molecular weight excluding hydrogens is 284 g/mol. The van der Waals surface area contributed by atoms with Crippen molar-refractivity contribution in [2.45, 2.75) is 18.9 Å². The van der Waals surface area contributed by atoms with Gasteiger partial charge in [0.1, 0.15) is 13.2 Å².